The number of nitrogens with one attached hydrogen (secondary N) is 3. The Morgan fingerprint density at radius 3 is 2.37 bits per heavy atom. The van der Waals surface area contributed by atoms with E-state index < -0.39 is 11.9 Å². The number of amides is 3. The van der Waals surface area contributed by atoms with Crippen LogP contribution < -0.4 is 16.2 Å². The first kappa shape index (κ1) is 13.4. The molecule has 0 saturated heterocycles. The summed E-state index contributed by atoms with van der Waals surface area (Å²) < 4.78 is 0.513. The Labute approximate surface area is 118 Å². The highest BCUT2D eigenvalue weighted by Crippen LogP contribution is 2.20. The summed E-state index contributed by atoms with van der Waals surface area (Å²) in [6, 6.07) is 11.6. The van der Waals surface area contributed by atoms with Gasteiger partial charge in [-0.2, -0.15) is 0 Å². The number of rotatable bonds is 2. The molecule has 2 aromatic rings. The molecule has 0 radical (unpaired) electrons. The maximum Gasteiger partial charge on any atom is 0.337 e. The molecule has 1 aromatic carbocycles. The molecule has 19 heavy (non-hydrogen) atoms. The van der Waals surface area contributed by atoms with Gasteiger partial charge in [0, 0.05) is 5.69 Å². The van der Waals surface area contributed by atoms with Gasteiger partial charge in [0.2, 0.25) is 0 Å². The molecule has 2 rings (SSSR count). The summed E-state index contributed by atoms with van der Waals surface area (Å²) in [5.41, 5.74) is 5.17. The van der Waals surface area contributed by atoms with Crippen molar-refractivity contribution in [2.24, 2.45) is 0 Å². The molecule has 0 spiro atoms. The largest absolute Gasteiger partial charge is 0.337 e. The highest BCUT2D eigenvalue weighted by Gasteiger charge is 2.09. The van der Waals surface area contributed by atoms with Crippen LogP contribution in [0.1, 0.15) is 9.67 Å². The molecule has 0 saturated carbocycles. The van der Waals surface area contributed by atoms with Crippen molar-refractivity contribution in [3.05, 3.63) is 51.7 Å². The van der Waals surface area contributed by atoms with Gasteiger partial charge >= 0.3 is 6.03 Å². The van der Waals surface area contributed by atoms with Crippen LogP contribution >= 0.6 is 22.9 Å². The Morgan fingerprint density at radius 1 is 1.00 bits per heavy atom. The first-order chi connectivity index (χ1) is 9.15. The molecular weight excluding hydrogens is 286 g/mol. The molecule has 0 aliphatic rings. The number of hydrazine groups is 1. The highest BCUT2D eigenvalue weighted by atomic mass is 35.5. The Morgan fingerprint density at radius 2 is 1.74 bits per heavy atom. The van der Waals surface area contributed by atoms with Crippen LogP contribution in [0.3, 0.4) is 0 Å². The summed E-state index contributed by atoms with van der Waals surface area (Å²) in [6.45, 7) is 0. The van der Waals surface area contributed by atoms with Crippen molar-refractivity contribution in [3.63, 3.8) is 0 Å². The van der Waals surface area contributed by atoms with E-state index in [4.69, 9.17) is 11.6 Å². The molecule has 0 fully saturated rings. The number of carbonyl (C=O) groups is 2. The van der Waals surface area contributed by atoms with Crippen LogP contribution in [-0.4, -0.2) is 11.9 Å². The van der Waals surface area contributed by atoms with Crippen LogP contribution in [0.4, 0.5) is 10.5 Å². The zero-order chi connectivity index (χ0) is 13.7. The van der Waals surface area contributed by atoms with Gasteiger partial charge in [0.05, 0.1) is 9.21 Å². The van der Waals surface area contributed by atoms with Crippen LogP contribution in [0.25, 0.3) is 0 Å². The number of carbonyl (C=O) groups excluding carboxylic acids is 2. The second kappa shape index (κ2) is 6.21. The van der Waals surface area contributed by atoms with Crippen molar-refractivity contribution >= 4 is 40.6 Å². The fourth-order valence-electron chi connectivity index (χ4n) is 1.30. The lowest BCUT2D eigenvalue weighted by Crippen LogP contribution is -2.43. The predicted octanol–water partition coefficient (Wildman–Crippen LogP) is 2.87. The Hall–Kier alpha value is -2.05. The van der Waals surface area contributed by atoms with Crippen molar-refractivity contribution in [1.82, 2.24) is 10.9 Å². The van der Waals surface area contributed by atoms with E-state index in [0.717, 1.165) is 11.3 Å². The van der Waals surface area contributed by atoms with E-state index >= 15 is 0 Å². The van der Waals surface area contributed by atoms with E-state index in [1.165, 1.54) is 0 Å². The lowest BCUT2D eigenvalue weighted by Gasteiger charge is -2.07. The molecule has 0 bridgehead atoms. The number of hydrogen-bond acceptors (Lipinski definition) is 3. The van der Waals surface area contributed by atoms with E-state index in [0.29, 0.717) is 14.9 Å². The number of para-hydroxylation sites is 1. The number of halogens is 1. The fourth-order valence-corrected chi connectivity index (χ4v) is 2.23. The fraction of sp³-hybridized carbons (Fsp3) is 0. The van der Waals surface area contributed by atoms with Gasteiger partial charge in [-0.1, -0.05) is 29.8 Å². The standard InChI is InChI=1S/C12H10ClN3O2S/c13-10-7-6-9(19-10)11(17)15-16-12(18)14-8-4-2-1-3-5-8/h1-7H,(H,15,17)(H2,14,16,18). The lowest BCUT2D eigenvalue weighted by atomic mass is 10.3. The molecule has 1 aromatic heterocycles. The third-order valence-electron chi connectivity index (χ3n) is 2.12. The second-order valence-electron chi connectivity index (χ2n) is 3.50. The molecule has 0 aliphatic carbocycles. The van der Waals surface area contributed by atoms with Crippen LogP contribution in [-0.2, 0) is 0 Å². The number of hydrogen-bond donors (Lipinski definition) is 3. The monoisotopic (exact) mass is 295 g/mol. The van der Waals surface area contributed by atoms with Gasteiger partial charge < -0.3 is 5.32 Å². The van der Waals surface area contributed by atoms with Gasteiger partial charge in [0.25, 0.3) is 5.91 Å². The molecular formula is C12H10ClN3O2S. The molecule has 0 unspecified atom stereocenters. The minimum absolute atomic E-state index is 0.417. The first-order valence-electron chi connectivity index (χ1n) is 5.33. The first-order valence-corrected chi connectivity index (χ1v) is 6.52. The van der Waals surface area contributed by atoms with Crippen molar-refractivity contribution in [2.45, 2.75) is 0 Å². The summed E-state index contributed by atoms with van der Waals surface area (Å²) in [4.78, 5) is 23.5. The van der Waals surface area contributed by atoms with Crippen molar-refractivity contribution < 1.29 is 9.59 Å². The summed E-state index contributed by atoms with van der Waals surface area (Å²) in [5.74, 6) is -0.417. The van der Waals surface area contributed by atoms with Gasteiger partial charge in [-0.3, -0.25) is 10.2 Å². The van der Waals surface area contributed by atoms with E-state index in [1.807, 2.05) is 6.07 Å². The van der Waals surface area contributed by atoms with Crippen LogP contribution in [0, 0.1) is 0 Å². The third kappa shape index (κ3) is 3.97. The SMILES string of the molecule is O=C(NNC(=O)c1ccc(Cl)s1)Nc1ccccc1. The zero-order valence-electron chi connectivity index (χ0n) is 9.64. The lowest BCUT2D eigenvalue weighted by molar-refractivity contribution is 0.0942. The minimum Gasteiger partial charge on any atom is -0.307 e. The molecule has 1 heterocycles. The Bertz CT molecular complexity index is 586. The van der Waals surface area contributed by atoms with Gasteiger partial charge in [0.1, 0.15) is 0 Å². The predicted molar refractivity (Wildman–Crippen MR) is 75.4 cm³/mol. The number of thiophene rings is 1. The molecule has 0 atom stereocenters. The van der Waals surface area contributed by atoms with Crippen molar-refractivity contribution in [1.29, 1.82) is 0 Å². The summed E-state index contributed by atoms with van der Waals surface area (Å²) >= 11 is 6.85. The molecule has 98 valence electrons. The number of benzene rings is 1. The van der Waals surface area contributed by atoms with Crippen molar-refractivity contribution in [3.8, 4) is 0 Å². The maximum absolute atomic E-state index is 11.6. The third-order valence-corrected chi connectivity index (χ3v) is 3.35. The molecule has 0 aliphatic heterocycles. The van der Waals surface area contributed by atoms with E-state index in [-0.39, 0.29) is 0 Å². The molecule has 3 amide bonds. The molecule has 3 N–H and O–H groups in total. The minimum atomic E-state index is -0.526. The second-order valence-corrected chi connectivity index (χ2v) is 5.22. The normalized spacial score (nSPS) is 9.74. The van der Waals surface area contributed by atoms with E-state index in [9.17, 15) is 9.59 Å². The van der Waals surface area contributed by atoms with E-state index in [2.05, 4.69) is 16.2 Å². The quantitative estimate of drug-likeness (QED) is 0.746. The maximum atomic E-state index is 11.6. The van der Waals surface area contributed by atoms with Crippen LogP contribution in [0.5, 0.6) is 0 Å². The average Bonchev–Trinajstić information content (AvgIpc) is 2.84. The summed E-state index contributed by atoms with van der Waals surface area (Å²) in [5, 5.41) is 2.57. The number of urea groups is 1. The van der Waals surface area contributed by atoms with Crippen LogP contribution in [0.2, 0.25) is 4.34 Å². The molecule has 7 heteroatoms. The summed E-state index contributed by atoms with van der Waals surface area (Å²) in [7, 11) is 0. The van der Waals surface area contributed by atoms with Gasteiger partial charge in [0.15, 0.2) is 0 Å². The van der Waals surface area contributed by atoms with Gasteiger partial charge in [-0.25, -0.2) is 10.2 Å². The van der Waals surface area contributed by atoms with Gasteiger partial charge in [-0.15, -0.1) is 11.3 Å². The number of anilines is 1. The smallest absolute Gasteiger partial charge is 0.307 e. The highest BCUT2D eigenvalue weighted by molar-refractivity contribution is 7.17. The average molecular weight is 296 g/mol. The topological polar surface area (TPSA) is 70.2 Å². The van der Waals surface area contributed by atoms with Crippen LogP contribution in [0.15, 0.2) is 42.5 Å². The summed E-state index contributed by atoms with van der Waals surface area (Å²) in [6.07, 6.45) is 0. The Balaban J connectivity index is 1.82. The van der Waals surface area contributed by atoms with Crippen molar-refractivity contribution in [2.75, 3.05) is 5.32 Å². The Kier molecular flexibility index (Phi) is 4.38. The van der Waals surface area contributed by atoms with E-state index in [1.54, 1.807) is 36.4 Å². The zero-order valence-corrected chi connectivity index (χ0v) is 11.2. The van der Waals surface area contributed by atoms with Gasteiger partial charge in [-0.05, 0) is 24.3 Å². The molecule has 5 nitrogen and oxygen atoms in total.